The van der Waals surface area contributed by atoms with E-state index in [2.05, 4.69) is 0 Å². The maximum atomic E-state index is 12.9. The molecule has 0 saturated heterocycles. The topological polar surface area (TPSA) is 20.2 Å². The first kappa shape index (κ1) is 8.56. The minimum absolute atomic E-state index is 0.103. The normalized spacial score (nSPS) is 10.1. The number of rotatable bonds is 2. The molecule has 0 radical (unpaired) electrons. The highest BCUT2D eigenvalue weighted by Crippen LogP contribution is 2.23. The fourth-order valence-electron chi connectivity index (χ4n) is 0.907. The Kier molecular flexibility index (Phi) is 2.91. The monoisotopic (exact) mass is 172 g/mol. The Bertz CT molecular complexity index is 250. The summed E-state index contributed by atoms with van der Waals surface area (Å²) in [5.41, 5.74) is 0.650. The van der Waals surface area contributed by atoms with E-state index in [4.69, 9.17) is 5.11 Å². The summed E-state index contributed by atoms with van der Waals surface area (Å²) in [4.78, 5) is 0.537. The van der Waals surface area contributed by atoms with Gasteiger partial charge in [-0.15, -0.1) is 11.8 Å². The summed E-state index contributed by atoms with van der Waals surface area (Å²) in [5.74, 6) is -0.260. The van der Waals surface area contributed by atoms with Crippen LogP contribution in [0, 0.1) is 5.82 Å². The van der Waals surface area contributed by atoms with E-state index in [0.717, 1.165) is 0 Å². The number of aliphatic hydroxyl groups excluding tert-OH is 1. The maximum absolute atomic E-state index is 12.9. The second-order valence-electron chi connectivity index (χ2n) is 2.09. The van der Waals surface area contributed by atoms with Crippen molar-refractivity contribution >= 4 is 11.8 Å². The molecule has 0 amide bonds. The van der Waals surface area contributed by atoms with Gasteiger partial charge in [0.15, 0.2) is 0 Å². The van der Waals surface area contributed by atoms with Crippen LogP contribution >= 0.6 is 11.8 Å². The molecule has 0 saturated carbocycles. The largest absolute Gasteiger partial charge is 0.392 e. The Morgan fingerprint density at radius 3 is 2.73 bits per heavy atom. The van der Waals surface area contributed by atoms with E-state index in [1.165, 1.54) is 17.8 Å². The lowest BCUT2D eigenvalue weighted by molar-refractivity contribution is 0.277. The van der Waals surface area contributed by atoms with Gasteiger partial charge in [-0.05, 0) is 17.9 Å². The van der Waals surface area contributed by atoms with Crippen LogP contribution in [0.2, 0.25) is 0 Å². The number of halogens is 1. The average Bonchev–Trinajstić information content (AvgIpc) is 2.04. The lowest BCUT2D eigenvalue weighted by Crippen LogP contribution is -1.89. The van der Waals surface area contributed by atoms with E-state index < -0.39 is 0 Å². The Hall–Kier alpha value is -0.540. The van der Waals surface area contributed by atoms with Crippen molar-refractivity contribution < 1.29 is 9.50 Å². The smallest absolute Gasteiger partial charge is 0.137 e. The molecule has 1 rings (SSSR count). The van der Waals surface area contributed by atoms with Gasteiger partial charge in [-0.1, -0.05) is 12.1 Å². The van der Waals surface area contributed by atoms with Gasteiger partial charge in [-0.3, -0.25) is 0 Å². The van der Waals surface area contributed by atoms with Gasteiger partial charge in [0, 0.05) is 4.90 Å². The van der Waals surface area contributed by atoms with Gasteiger partial charge in [0.2, 0.25) is 0 Å². The zero-order chi connectivity index (χ0) is 8.27. The van der Waals surface area contributed by atoms with Gasteiger partial charge in [0.1, 0.15) is 5.82 Å². The molecule has 0 spiro atoms. The number of thioether (sulfide) groups is 1. The molecule has 1 nitrogen and oxygen atoms in total. The molecule has 0 aliphatic carbocycles. The second-order valence-corrected chi connectivity index (χ2v) is 2.91. The molecular formula is C8H9FOS. The van der Waals surface area contributed by atoms with E-state index in [1.807, 2.05) is 0 Å². The van der Waals surface area contributed by atoms with Crippen LogP contribution in [0.3, 0.4) is 0 Å². The van der Waals surface area contributed by atoms with Crippen LogP contribution in [0.4, 0.5) is 4.39 Å². The molecule has 60 valence electrons. The van der Waals surface area contributed by atoms with E-state index in [0.29, 0.717) is 10.5 Å². The third kappa shape index (κ3) is 1.73. The molecule has 0 aliphatic rings. The first-order valence-corrected chi connectivity index (χ1v) is 4.44. The number of aliphatic hydroxyl groups is 1. The highest BCUT2D eigenvalue weighted by Gasteiger charge is 2.04. The van der Waals surface area contributed by atoms with Gasteiger partial charge in [0.05, 0.1) is 6.61 Å². The SMILES string of the molecule is CSc1c(F)cccc1CO. The van der Waals surface area contributed by atoms with Crippen LogP contribution in [0.25, 0.3) is 0 Å². The van der Waals surface area contributed by atoms with Crippen molar-refractivity contribution in [2.75, 3.05) is 6.26 Å². The zero-order valence-corrected chi connectivity index (χ0v) is 6.99. The van der Waals surface area contributed by atoms with Crippen molar-refractivity contribution in [3.63, 3.8) is 0 Å². The van der Waals surface area contributed by atoms with Crippen LogP contribution in [0.15, 0.2) is 23.1 Å². The quantitative estimate of drug-likeness (QED) is 0.689. The second kappa shape index (κ2) is 3.74. The summed E-state index contributed by atoms with van der Waals surface area (Å²) in [6.07, 6.45) is 1.79. The fraction of sp³-hybridized carbons (Fsp3) is 0.250. The molecule has 0 unspecified atom stereocenters. The Labute approximate surface area is 69.2 Å². The Morgan fingerprint density at radius 2 is 2.27 bits per heavy atom. The molecule has 3 heteroatoms. The minimum atomic E-state index is -0.260. The van der Waals surface area contributed by atoms with Crippen molar-refractivity contribution in [3.8, 4) is 0 Å². The van der Waals surface area contributed by atoms with Crippen molar-refractivity contribution in [1.82, 2.24) is 0 Å². The lowest BCUT2D eigenvalue weighted by Gasteiger charge is -2.03. The molecular weight excluding hydrogens is 163 g/mol. The average molecular weight is 172 g/mol. The van der Waals surface area contributed by atoms with Gasteiger partial charge in [-0.2, -0.15) is 0 Å². The predicted octanol–water partition coefficient (Wildman–Crippen LogP) is 2.04. The summed E-state index contributed by atoms with van der Waals surface area (Å²) >= 11 is 1.31. The van der Waals surface area contributed by atoms with Gasteiger partial charge >= 0.3 is 0 Å². The molecule has 1 aromatic carbocycles. The van der Waals surface area contributed by atoms with Gasteiger partial charge < -0.3 is 5.11 Å². The third-order valence-corrected chi connectivity index (χ3v) is 2.29. The summed E-state index contributed by atoms with van der Waals surface area (Å²) in [6, 6.07) is 4.71. The lowest BCUT2D eigenvalue weighted by atomic mass is 10.2. The van der Waals surface area contributed by atoms with Crippen LogP contribution in [0.5, 0.6) is 0 Å². The van der Waals surface area contributed by atoms with Crippen LogP contribution in [0.1, 0.15) is 5.56 Å². The molecule has 0 atom stereocenters. The zero-order valence-electron chi connectivity index (χ0n) is 6.17. The standard InChI is InChI=1S/C8H9FOS/c1-11-8-6(5-10)3-2-4-7(8)9/h2-4,10H,5H2,1H3. The summed E-state index contributed by atoms with van der Waals surface area (Å²) in [6.45, 7) is -0.103. The number of hydrogen-bond acceptors (Lipinski definition) is 2. The Morgan fingerprint density at radius 1 is 1.55 bits per heavy atom. The predicted molar refractivity (Wildman–Crippen MR) is 44.1 cm³/mol. The Balaban J connectivity index is 3.13. The summed E-state index contributed by atoms with van der Waals surface area (Å²) in [7, 11) is 0. The third-order valence-electron chi connectivity index (χ3n) is 1.42. The van der Waals surface area contributed by atoms with Crippen molar-refractivity contribution in [3.05, 3.63) is 29.6 Å². The van der Waals surface area contributed by atoms with Crippen LogP contribution < -0.4 is 0 Å². The van der Waals surface area contributed by atoms with Crippen molar-refractivity contribution in [2.45, 2.75) is 11.5 Å². The highest BCUT2D eigenvalue weighted by molar-refractivity contribution is 7.98. The van der Waals surface area contributed by atoms with Crippen LogP contribution in [-0.2, 0) is 6.61 Å². The molecule has 11 heavy (non-hydrogen) atoms. The number of hydrogen-bond donors (Lipinski definition) is 1. The summed E-state index contributed by atoms with van der Waals surface area (Å²) in [5, 5.41) is 8.79. The molecule has 0 heterocycles. The van der Waals surface area contributed by atoms with Crippen molar-refractivity contribution in [2.24, 2.45) is 0 Å². The highest BCUT2D eigenvalue weighted by atomic mass is 32.2. The molecule has 0 fully saturated rings. The fourth-order valence-corrected chi connectivity index (χ4v) is 1.56. The first-order chi connectivity index (χ1) is 5.29. The molecule has 0 aromatic heterocycles. The molecule has 1 aromatic rings. The molecule has 1 N–H and O–H groups in total. The van der Waals surface area contributed by atoms with Crippen LogP contribution in [-0.4, -0.2) is 11.4 Å². The van der Waals surface area contributed by atoms with E-state index in [9.17, 15) is 4.39 Å². The first-order valence-electron chi connectivity index (χ1n) is 3.22. The van der Waals surface area contributed by atoms with Gasteiger partial charge in [-0.25, -0.2) is 4.39 Å². The van der Waals surface area contributed by atoms with Gasteiger partial charge in [0.25, 0.3) is 0 Å². The van der Waals surface area contributed by atoms with E-state index in [-0.39, 0.29) is 12.4 Å². The summed E-state index contributed by atoms with van der Waals surface area (Å²) < 4.78 is 12.9. The van der Waals surface area contributed by atoms with E-state index >= 15 is 0 Å². The maximum Gasteiger partial charge on any atom is 0.137 e. The molecule has 0 bridgehead atoms. The van der Waals surface area contributed by atoms with E-state index in [1.54, 1.807) is 18.4 Å². The minimum Gasteiger partial charge on any atom is -0.392 e. The number of benzene rings is 1. The molecule has 0 aliphatic heterocycles. The van der Waals surface area contributed by atoms with Crippen molar-refractivity contribution in [1.29, 1.82) is 0 Å².